The van der Waals surface area contributed by atoms with Gasteiger partial charge in [-0.25, -0.2) is 0 Å². The highest BCUT2D eigenvalue weighted by Gasteiger charge is 2.22. The zero-order valence-electron chi connectivity index (χ0n) is 16.7. The smallest absolute Gasteiger partial charge is 0.224 e. The molecule has 0 spiro atoms. The summed E-state index contributed by atoms with van der Waals surface area (Å²) in [4.78, 5) is 19.5. The first-order chi connectivity index (χ1) is 14.3. The van der Waals surface area contributed by atoms with Crippen LogP contribution in [-0.4, -0.2) is 43.5 Å². The van der Waals surface area contributed by atoms with Gasteiger partial charge >= 0.3 is 0 Å². The van der Waals surface area contributed by atoms with Crippen LogP contribution >= 0.6 is 0 Å². The molecule has 4 heteroatoms. The lowest BCUT2D eigenvalue weighted by Gasteiger charge is -2.36. The highest BCUT2D eigenvalue weighted by atomic mass is 16.2. The van der Waals surface area contributed by atoms with Crippen LogP contribution in [0, 0.1) is 0 Å². The molecule has 1 aliphatic rings. The zero-order valence-corrected chi connectivity index (χ0v) is 16.7. The van der Waals surface area contributed by atoms with Crippen molar-refractivity contribution in [2.75, 3.05) is 42.5 Å². The van der Waals surface area contributed by atoms with Crippen LogP contribution in [0.15, 0.2) is 91.0 Å². The van der Waals surface area contributed by atoms with E-state index in [0.29, 0.717) is 13.0 Å². The number of anilines is 3. The van der Waals surface area contributed by atoms with Gasteiger partial charge in [0, 0.05) is 56.2 Å². The Kier molecular flexibility index (Phi) is 6.10. The van der Waals surface area contributed by atoms with E-state index in [9.17, 15) is 4.79 Å². The van der Waals surface area contributed by atoms with Crippen molar-refractivity contribution in [3.05, 3.63) is 91.0 Å². The number of hydrogen-bond donors (Lipinski definition) is 0. The van der Waals surface area contributed by atoms with Gasteiger partial charge in [0.05, 0.1) is 0 Å². The molecule has 1 heterocycles. The van der Waals surface area contributed by atoms with E-state index in [4.69, 9.17) is 0 Å². The van der Waals surface area contributed by atoms with Crippen molar-refractivity contribution >= 4 is 23.0 Å². The molecule has 0 saturated carbocycles. The quantitative estimate of drug-likeness (QED) is 0.622. The third kappa shape index (κ3) is 4.77. The number of hydrogen-bond acceptors (Lipinski definition) is 3. The van der Waals surface area contributed by atoms with Crippen LogP contribution in [0.2, 0.25) is 0 Å². The van der Waals surface area contributed by atoms with Crippen molar-refractivity contribution in [2.24, 2.45) is 0 Å². The number of nitrogens with zero attached hydrogens (tertiary/aromatic N) is 3. The molecule has 3 aromatic carbocycles. The van der Waals surface area contributed by atoms with E-state index in [1.165, 1.54) is 5.69 Å². The van der Waals surface area contributed by atoms with Gasteiger partial charge in [-0.15, -0.1) is 0 Å². The van der Waals surface area contributed by atoms with E-state index in [1.54, 1.807) is 0 Å². The molecule has 0 atom stereocenters. The molecule has 1 fully saturated rings. The molecule has 0 unspecified atom stereocenters. The molecule has 4 nitrogen and oxygen atoms in total. The average molecular weight is 386 g/mol. The van der Waals surface area contributed by atoms with Crippen molar-refractivity contribution in [2.45, 2.75) is 6.42 Å². The highest BCUT2D eigenvalue weighted by Crippen LogP contribution is 2.25. The maximum atomic E-state index is 12.9. The molecule has 29 heavy (non-hydrogen) atoms. The highest BCUT2D eigenvalue weighted by molar-refractivity contribution is 5.78. The predicted octanol–water partition coefficient (Wildman–Crippen LogP) is 4.56. The summed E-state index contributed by atoms with van der Waals surface area (Å²) >= 11 is 0. The Labute approximate surface area is 173 Å². The normalized spacial score (nSPS) is 13.9. The minimum absolute atomic E-state index is 0.231. The topological polar surface area (TPSA) is 26.8 Å². The summed E-state index contributed by atoms with van der Waals surface area (Å²) in [7, 11) is 0. The van der Waals surface area contributed by atoms with Gasteiger partial charge in [-0.05, 0) is 36.4 Å². The minimum atomic E-state index is 0.231. The molecule has 0 aromatic heterocycles. The number of piperazine rings is 1. The molecule has 4 rings (SSSR count). The Balaban J connectivity index is 1.36. The summed E-state index contributed by atoms with van der Waals surface area (Å²) in [6, 6.07) is 31.0. The van der Waals surface area contributed by atoms with Crippen LogP contribution in [0.25, 0.3) is 0 Å². The summed E-state index contributed by atoms with van der Waals surface area (Å²) in [5.74, 6) is 0.231. The van der Waals surface area contributed by atoms with Crippen molar-refractivity contribution in [1.82, 2.24) is 4.90 Å². The first-order valence-electron chi connectivity index (χ1n) is 10.3. The van der Waals surface area contributed by atoms with E-state index >= 15 is 0 Å². The standard InChI is InChI=1S/C25H27N3O/c29-25(27-20-18-26(19-21-27)22-10-4-1-5-11-22)16-17-28(23-12-6-2-7-13-23)24-14-8-3-9-15-24/h1-15H,16-21H2. The third-order valence-electron chi connectivity index (χ3n) is 5.44. The van der Waals surface area contributed by atoms with Crippen LogP contribution in [0.5, 0.6) is 0 Å². The summed E-state index contributed by atoms with van der Waals surface area (Å²) in [5, 5.41) is 0. The molecular weight excluding hydrogens is 358 g/mol. The summed E-state index contributed by atoms with van der Waals surface area (Å²) in [5.41, 5.74) is 3.46. The van der Waals surface area contributed by atoms with Gasteiger partial charge in [-0.2, -0.15) is 0 Å². The van der Waals surface area contributed by atoms with Crippen LogP contribution < -0.4 is 9.80 Å². The van der Waals surface area contributed by atoms with Crippen LogP contribution in [0.4, 0.5) is 17.1 Å². The second-order valence-electron chi connectivity index (χ2n) is 7.28. The van der Waals surface area contributed by atoms with Gasteiger partial charge < -0.3 is 14.7 Å². The lowest BCUT2D eigenvalue weighted by molar-refractivity contribution is -0.131. The number of para-hydroxylation sites is 3. The molecule has 1 amide bonds. The molecule has 1 saturated heterocycles. The molecule has 0 N–H and O–H groups in total. The lowest BCUT2D eigenvalue weighted by Crippen LogP contribution is -2.49. The molecule has 148 valence electrons. The van der Waals surface area contributed by atoms with Crippen LogP contribution in [-0.2, 0) is 4.79 Å². The maximum Gasteiger partial charge on any atom is 0.224 e. The Morgan fingerprint density at radius 3 is 1.69 bits per heavy atom. The van der Waals surface area contributed by atoms with Gasteiger partial charge in [0.2, 0.25) is 5.91 Å². The van der Waals surface area contributed by atoms with Gasteiger partial charge in [-0.1, -0.05) is 54.6 Å². The van der Waals surface area contributed by atoms with E-state index in [0.717, 1.165) is 37.6 Å². The van der Waals surface area contributed by atoms with E-state index in [1.807, 2.05) is 47.4 Å². The van der Waals surface area contributed by atoms with Crippen LogP contribution in [0.3, 0.4) is 0 Å². The maximum absolute atomic E-state index is 12.9. The minimum Gasteiger partial charge on any atom is -0.368 e. The monoisotopic (exact) mass is 385 g/mol. The zero-order chi connectivity index (χ0) is 19.9. The molecule has 0 radical (unpaired) electrons. The summed E-state index contributed by atoms with van der Waals surface area (Å²) in [6.45, 7) is 4.01. The second kappa shape index (κ2) is 9.28. The predicted molar refractivity (Wildman–Crippen MR) is 120 cm³/mol. The molecule has 3 aromatic rings. The lowest BCUT2D eigenvalue weighted by atomic mass is 10.2. The fourth-order valence-electron chi connectivity index (χ4n) is 3.84. The number of rotatable bonds is 6. The van der Waals surface area contributed by atoms with E-state index < -0.39 is 0 Å². The Morgan fingerprint density at radius 2 is 1.17 bits per heavy atom. The van der Waals surface area contributed by atoms with Gasteiger partial charge in [0.15, 0.2) is 0 Å². The van der Waals surface area contributed by atoms with E-state index in [2.05, 4.69) is 58.3 Å². The SMILES string of the molecule is O=C(CCN(c1ccccc1)c1ccccc1)N1CCN(c2ccccc2)CC1. The van der Waals surface area contributed by atoms with Gasteiger partial charge in [0.25, 0.3) is 0 Å². The fraction of sp³-hybridized carbons (Fsp3) is 0.240. The Bertz CT molecular complexity index is 852. The van der Waals surface area contributed by atoms with Crippen LogP contribution in [0.1, 0.15) is 6.42 Å². The number of carbonyl (C=O) groups excluding carboxylic acids is 1. The van der Waals surface area contributed by atoms with Gasteiger partial charge in [0.1, 0.15) is 0 Å². The molecular formula is C25H27N3O. The van der Waals surface area contributed by atoms with Crippen molar-refractivity contribution in [1.29, 1.82) is 0 Å². The van der Waals surface area contributed by atoms with Crippen molar-refractivity contribution in [3.8, 4) is 0 Å². The second-order valence-corrected chi connectivity index (χ2v) is 7.28. The first-order valence-corrected chi connectivity index (χ1v) is 10.3. The summed E-state index contributed by atoms with van der Waals surface area (Å²) < 4.78 is 0. The number of carbonyl (C=O) groups is 1. The first kappa shape index (κ1) is 19.1. The fourth-order valence-corrected chi connectivity index (χ4v) is 3.84. The average Bonchev–Trinajstić information content (AvgIpc) is 2.81. The largest absolute Gasteiger partial charge is 0.368 e. The van der Waals surface area contributed by atoms with Gasteiger partial charge in [-0.3, -0.25) is 4.79 Å². The van der Waals surface area contributed by atoms with Crippen molar-refractivity contribution < 1.29 is 4.79 Å². The van der Waals surface area contributed by atoms with E-state index in [-0.39, 0.29) is 5.91 Å². The Morgan fingerprint density at radius 1 is 0.690 bits per heavy atom. The number of benzene rings is 3. The third-order valence-corrected chi connectivity index (χ3v) is 5.44. The summed E-state index contributed by atoms with van der Waals surface area (Å²) in [6.07, 6.45) is 0.509. The molecule has 0 aliphatic carbocycles. The van der Waals surface area contributed by atoms with Crippen molar-refractivity contribution in [3.63, 3.8) is 0 Å². The Hall–Kier alpha value is -3.27. The molecule has 0 bridgehead atoms. The molecule has 1 aliphatic heterocycles. The number of amides is 1.